The third kappa shape index (κ3) is 3.37. The molecule has 4 aliphatic rings. The Morgan fingerprint density at radius 1 is 1.15 bits per heavy atom. The Bertz CT molecular complexity index is 722. The van der Waals surface area contributed by atoms with Crippen molar-refractivity contribution in [2.75, 3.05) is 38.1 Å². The number of fused-ring (bicyclic) bond motifs is 2. The second-order valence-corrected chi connectivity index (χ2v) is 9.63. The Morgan fingerprint density at radius 2 is 1.96 bits per heavy atom. The van der Waals surface area contributed by atoms with Crippen LogP contribution < -0.4 is 10.2 Å². The fraction of sp³-hybridized carbons (Fsp3) is 0.696. The van der Waals surface area contributed by atoms with Crippen LogP contribution in [0.1, 0.15) is 67.3 Å². The topological polar surface area (TPSA) is 35.6 Å². The van der Waals surface area contributed by atoms with E-state index < -0.39 is 0 Å². The Hall–Kier alpha value is -1.55. The minimum Gasteiger partial charge on any atom is -0.370 e. The van der Waals surface area contributed by atoms with Crippen LogP contribution in [0.5, 0.6) is 0 Å². The molecule has 4 heteroatoms. The Kier molecular flexibility index (Phi) is 4.42. The first kappa shape index (κ1) is 17.5. The molecule has 0 bridgehead atoms. The number of nitrogens with zero attached hydrogens (tertiary/aromatic N) is 2. The van der Waals surface area contributed by atoms with Gasteiger partial charge in [-0.3, -0.25) is 4.79 Å². The van der Waals surface area contributed by atoms with Crippen molar-refractivity contribution in [2.24, 2.45) is 5.92 Å². The van der Waals surface area contributed by atoms with E-state index in [9.17, 15) is 4.79 Å². The number of likely N-dealkylation sites (tertiary alicyclic amines) is 1. The van der Waals surface area contributed by atoms with E-state index in [1.807, 2.05) is 0 Å². The van der Waals surface area contributed by atoms with Crippen molar-refractivity contribution in [3.05, 3.63) is 29.3 Å². The lowest BCUT2D eigenvalue weighted by atomic mass is 9.81. The minimum absolute atomic E-state index is 0.131. The summed E-state index contributed by atoms with van der Waals surface area (Å²) in [5.41, 5.74) is 3.91. The molecule has 0 radical (unpaired) electrons. The van der Waals surface area contributed by atoms with Crippen molar-refractivity contribution < 1.29 is 4.79 Å². The molecular formula is C23H33N3O. The van der Waals surface area contributed by atoms with E-state index >= 15 is 0 Å². The van der Waals surface area contributed by atoms with Crippen LogP contribution in [0.15, 0.2) is 18.2 Å². The third-order valence-electron chi connectivity index (χ3n) is 7.32. The zero-order valence-corrected chi connectivity index (χ0v) is 16.7. The van der Waals surface area contributed by atoms with Gasteiger partial charge in [-0.05, 0) is 75.4 Å². The zero-order chi connectivity index (χ0) is 18.4. The lowest BCUT2D eigenvalue weighted by molar-refractivity contribution is 0.0927. The number of anilines is 1. The molecule has 1 N–H and O–H groups in total. The highest BCUT2D eigenvalue weighted by Crippen LogP contribution is 2.47. The summed E-state index contributed by atoms with van der Waals surface area (Å²) in [6.07, 6.45) is 10.1. The van der Waals surface area contributed by atoms with Gasteiger partial charge in [0.15, 0.2) is 0 Å². The zero-order valence-electron chi connectivity index (χ0n) is 16.7. The van der Waals surface area contributed by atoms with Gasteiger partial charge >= 0.3 is 0 Å². The summed E-state index contributed by atoms with van der Waals surface area (Å²) in [5, 5.41) is 3.30. The molecule has 1 aromatic rings. The number of carbonyl (C=O) groups excluding carboxylic acids is 1. The molecule has 1 spiro atoms. The van der Waals surface area contributed by atoms with Crippen LogP contribution in [0.2, 0.25) is 0 Å². The van der Waals surface area contributed by atoms with Gasteiger partial charge in [0.25, 0.3) is 5.91 Å². The number of likely N-dealkylation sites (N-methyl/N-ethyl adjacent to an activating group) is 1. The van der Waals surface area contributed by atoms with Crippen LogP contribution in [0.25, 0.3) is 0 Å². The first-order valence-corrected chi connectivity index (χ1v) is 11.0. The summed E-state index contributed by atoms with van der Waals surface area (Å²) in [4.78, 5) is 18.0. The molecule has 2 heterocycles. The normalized spacial score (nSPS) is 28.7. The molecule has 2 aliphatic carbocycles. The van der Waals surface area contributed by atoms with Gasteiger partial charge in [-0.25, -0.2) is 0 Å². The van der Waals surface area contributed by atoms with E-state index in [1.165, 1.54) is 56.3 Å². The SMILES string of the molecule is CN1CCC2(C1)CN(CC1CC1)c1ccc(C(=O)NC3CCCCC3)cc12. The molecule has 146 valence electrons. The summed E-state index contributed by atoms with van der Waals surface area (Å²) in [5.74, 6) is 1.02. The maximum atomic E-state index is 12.9. The predicted octanol–water partition coefficient (Wildman–Crippen LogP) is 3.55. The lowest BCUT2D eigenvalue weighted by Crippen LogP contribution is -2.37. The van der Waals surface area contributed by atoms with Gasteiger partial charge in [-0.15, -0.1) is 0 Å². The standard InChI is InChI=1S/C23H33N3O/c1-25-12-11-23(15-25)16-26(14-17-7-8-17)21-10-9-18(13-20(21)23)22(27)24-19-5-3-2-4-6-19/h9-10,13,17,19H,2-8,11-12,14-16H2,1H3,(H,24,27). The van der Waals surface area contributed by atoms with Crippen LogP contribution >= 0.6 is 0 Å². The van der Waals surface area contributed by atoms with Gasteiger partial charge in [0.05, 0.1) is 0 Å². The van der Waals surface area contributed by atoms with Crippen LogP contribution in [-0.4, -0.2) is 50.1 Å². The average molecular weight is 368 g/mol. The van der Waals surface area contributed by atoms with Gasteiger partial charge in [0.1, 0.15) is 0 Å². The first-order chi connectivity index (χ1) is 13.1. The molecule has 0 aromatic heterocycles. The monoisotopic (exact) mass is 367 g/mol. The maximum Gasteiger partial charge on any atom is 0.251 e. The summed E-state index contributed by atoms with van der Waals surface area (Å²) >= 11 is 0. The Balaban J connectivity index is 1.41. The number of amides is 1. The van der Waals surface area contributed by atoms with Crippen molar-refractivity contribution >= 4 is 11.6 Å². The lowest BCUT2D eigenvalue weighted by Gasteiger charge is -2.26. The van der Waals surface area contributed by atoms with Gasteiger partial charge in [-0.2, -0.15) is 0 Å². The van der Waals surface area contributed by atoms with Gasteiger partial charge in [0.2, 0.25) is 0 Å². The van der Waals surface area contributed by atoms with Crippen molar-refractivity contribution in [3.8, 4) is 0 Å². The Labute approximate surface area is 163 Å². The highest BCUT2D eigenvalue weighted by molar-refractivity contribution is 5.95. The van der Waals surface area contributed by atoms with Crippen LogP contribution in [-0.2, 0) is 5.41 Å². The number of carbonyl (C=O) groups is 1. The van der Waals surface area contributed by atoms with Crippen LogP contribution in [0.3, 0.4) is 0 Å². The molecule has 1 unspecified atom stereocenters. The largest absolute Gasteiger partial charge is 0.370 e. The highest BCUT2D eigenvalue weighted by Gasteiger charge is 2.47. The molecule has 5 rings (SSSR count). The van der Waals surface area contributed by atoms with E-state index in [0.717, 1.165) is 44.0 Å². The van der Waals surface area contributed by atoms with Crippen molar-refractivity contribution in [1.29, 1.82) is 0 Å². The molecule has 1 atom stereocenters. The highest BCUT2D eigenvalue weighted by atomic mass is 16.1. The van der Waals surface area contributed by atoms with Gasteiger partial charge < -0.3 is 15.1 Å². The van der Waals surface area contributed by atoms with E-state index in [2.05, 4.69) is 40.4 Å². The second kappa shape index (κ2) is 6.80. The summed E-state index contributed by atoms with van der Waals surface area (Å²) in [6.45, 7) is 4.62. The molecule has 2 saturated carbocycles. The van der Waals surface area contributed by atoms with E-state index in [1.54, 1.807) is 0 Å². The number of rotatable bonds is 4. The van der Waals surface area contributed by atoms with E-state index in [4.69, 9.17) is 0 Å². The summed E-state index contributed by atoms with van der Waals surface area (Å²) in [6, 6.07) is 6.91. The fourth-order valence-corrected chi connectivity index (χ4v) is 5.63. The van der Waals surface area contributed by atoms with Crippen molar-refractivity contribution in [2.45, 2.75) is 62.8 Å². The fourth-order valence-electron chi connectivity index (χ4n) is 5.63. The number of nitrogens with one attached hydrogen (secondary N) is 1. The van der Waals surface area contributed by atoms with Crippen LogP contribution in [0, 0.1) is 5.92 Å². The molecule has 1 saturated heterocycles. The number of benzene rings is 1. The average Bonchev–Trinajstić information content (AvgIpc) is 3.35. The number of hydrogen-bond donors (Lipinski definition) is 1. The molecule has 2 aliphatic heterocycles. The van der Waals surface area contributed by atoms with Crippen LogP contribution in [0.4, 0.5) is 5.69 Å². The summed E-state index contributed by atoms with van der Waals surface area (Å²) in [7, 11) is 2.23. The quantitative estimate of drug-likeness (QED) is 0.884. The minimum atomic E-state index is 0.131. The maximum absolute atomic E-state index is 12.9. The molecule has 1 amide bonds. The Morgan fingerprint density at radius 3 is 2.67 bits per heavy atom. The molecule has 27 heavy (non-hydrogen) atoms. The predicted molar refractivity (Wildman–Crippen MR) is 110 cm³/mol. The van der Waals surface area contributed by atoms with Gasteiger partial charge in [-0.1, -0.05) is 19.3 Å². The number of hydrogen-bond acceptors (Lipinski definition) is 3. The molecule has 3 fully saturated rings. The second-order valence-electron chi connectivity index (χ2n) is 9.63. The van der Waals surface area contributed by atoms with E-state index in [-0.39, 0.29) is 11.3 Å². The first-order valence-electron chi connectivity index (χ1n) is 11.0. The van der Waals surface area contributed by atoms with E-state index in [0.29, 0.717) is 6.04 Å². The molecule has 1 aromatic carbocycles. The molecular weight excluding hydrogens is 334 g/mol. The smallest absolute Gasteiger partial charge is 0.251 e. The molecule has 4 nitrogen and oxygen atoms in total. The van der Waals surface area contributed by atoms with Crippen molar-refractivity contribution in [3.63, 3.8) is 0 Å². The third-order valence-corrected chi connectivity index (χ3v) is 7.32. The summed E-state index contributed by atoms with van der Waals surface area (Å²) < 4.78 is 0. The van der Waals surface area contributed by atoms with Crippen molar-refractivity contribution in [1.82, 2.24) is 10.2 Å². The van der Waals surface area contributed by atoms with Gasteiger partial charge in [0, 0.05) is 42.3 Å².